The molecule has 0 saturated carbocycles. The quantitative estimate of drug-likeness (QED) is 0.518. The number of amides is 1. The Hall–Kier alpha value is -2.82. The van der Waals surface area contributed by atoms with Gasteiger partial charge in [-0.1, -0.05) is 30.3 Å². The van der Waals surface area contributed by atoms with Gasteiger partial charge in [0.2, 0.25) is 5.90 Å². The molecule has 1 amide bonds. The topological polar surface area (TPSA) is 53.9 Å². The molecular weight excluding hydrogens is 290 g/mol. The zero-order chi connectivity index (χ0) is 16.7. The number of hydrogen-bond donors (Lipinski definition) is 1. The molecule has 0 heterocycles. The zero-order valence-corrected chi connectivity index (χ0v) is 13.6. The van der Waals surface area contributed by atoms with Crippen LogP contribution < -0.4 is 5.32 Å². The molecule has 0 aliphatic carbocycles. The van der Waals surface area contributed by atoms with Crippen molar-refractivity contribution in [1.29, 1.82) is 0 Å². The number of benzene rings is 2. The number of hydrazone groups is 1. The summed E-state index contributed by atoms with van der Waals surface area (Å²) in [4.78, 5) is 12.6. The molecule has 23 heavy (non-hydrogen) atoms. The average molecular weight is 311 g/mol. The number of carbonyl (C=O) groups is 1. The maximum Gasteiger partial charge on any atom is 0.275 e. The third-order valence-corrected chi connectivity index (χ3v) is 3.15. The van der Waals surface area contributed by atoms with Gasteiger partial charge in [0.05, 0.1) is 17.9 Å². The van der Waals surface area contributed by atoms with Gasteiger partial charge < -0.3 is 10.1 Å². The number of nitrogens with one attached hydrogen (secondary N) is 1. The molecule has 0 saturated heterocycles. The number of ether oxygens (including phenoxy) is 1. The van der Waals surface area contributed by atoms with Crippen LogP contribution in [0.15, 0.2) is 59.7 Å². The number of hydrogen-bond acceptors (Lipinski definition) is 4. The molecule has 0 unspecified atom stereocenters. The fourth-order valence-corrected chi connectivity index (χ4v) is 2.12. The summed E-state index contributed by atoms with van der Waals surface area (Å²) < 4.78 is 5.26. The first-order valence-corrected chi connectivity index (χ1v) is 7.49. The van der Waals surface area contributed by atoms with Crippen molar-refractivity contribution in [3.63, 3.8) is 0 Å². The molecule has 0 atom stereocenters. The minimum absolute atomic E-state index is 0.205. The van der Waals surface area contributed by atoms with Crippen LogP contribution in [0.1, 0.15) is 24.2 Å². The van der Waals surface area contributed by atoms with E-state index >= 15 is 0 Å². The van der Waals surface area contributed by atoms with E-state index in [2.05, 4.69) is 10.4 Å². The second kappa shape index (κ2) is 7.98. The summed E-state index contributed by atoms with van der Waals surface area (Å²) >= 11 is 0. The van der Waals surface area contributed by atoms with E-state index in [0.29, 0.717) is 18.1 Å². The van der Waals surface area contributed by atoms with Crippen LogP contribution in [-0.2, 0) is 4.74 Å². The van der Waals surface area contributed by atoms with Crippen LogP contribution in [0, 0.1) is 0 Å². The van der Waals surface area contributed by atoms with Crippen LogP contribution in [0.5, 0.6) is 0 Å². The van der Waals surface area contributed by atoms with Gasteiger partial charge >= 0.3 is 0 Å². The normalized spacial score (nSPS) is 11.0. The van der Waals surface area contributed by atoms with Crippen molar-refractivity contribution in [2.24, 2.45) is 5.10 Å². The Balaban J connectivity index is 2.22. The largest absolute Gasteiger partial charge is 0.480 e. The lowest BCUT2D eigenvalue weighted by atomic mass is 10.1. The lowest BCUT2D eigenvalue weighted by molar-refractivity contribution is 0.0794. The maximum absolute atomic E-state index is 12.6. The molecule has 0 bridgehead atoms. The minimum atomic E-state index is -0.205. The van der Waals surface area contributed by atoms with Crippen molar-refractivity contribution in [3.05, 3.63) is 60.2 Å². The van der Waals surface area contributed by atoms with E-state index < -0.39 is 0 Å². The first kappa shape index (κ1) is 16.5. The van der Waals surface area contributed by atoms with E-state index in [9.17, 15) is 4.79 Å². The van der Waals surface area contributed by atoms with E-state index in [1.807, 2.05) is 55.5 Å². The summed E-state index contributed by atoms with van der Waals surface area (Å²) in [5.74, 6) is 0.250. The van der Waals surface area contributed by atoms with E-state index in [1.54, 1.807) is 20.0 Å². The molecule has 0 fully saturated rings. The zero-order valence-electron chi connectivity index (χ0n) is 13.6. The number of para-hydroxylation sites is 2. The first-order chi connectivity index (χ1) is 11.1. The summed E-state index contributed by atoms with van der Waals surface area (Å²) in [6, 6.07) is 17.1. The van der Waals surface area contributed by atoms with Crippen LogP contribution >= 0.6 is 0 Å². The summed E-state index contributed by atoms with van der Waals surface area (Å²) in [7, 11) is 1.62. The highest BCUT2D eigenvalue weighted by Gasteiger charge is 2.15. The Morgan fingerprint density at radius 2 is 1.78 bits per heavy atom. The Morgan fingerprint density at radius 3 is 2.48 bits per heavy atom. The smallest absolute Gasteiger partial charge is 0.275 e. The van der Waals surface area contributed by atoms with Gasteiger partial charge in [-0.15, -0.1) is 5.10 Å². The minimum Gasteiger partial charge on any atom is -0.480 e. The van der Waals surface area contributed by atoms with Crippen molar-refractivity contribution in [2.75, 3.05) is 19.0 Å². The summed E-state index contributed by atoms with van der Waals surface area (Å²) in [6.07, 6.45) is 0. The number of carbonyl (C=O) groups excluding carboxylic acids is 1. The average Bonchev–Trinajstić information content (AvgIpc) is 2.56. The highest BCUT2D eigenvalue weighted by molar-refractivity contribution is 6.00. The van der Waals surface area contributed by atoms with Crippen LogP contribution in [-0.4, -0.2) is 30.5 Å². The van der Waals surface area contributed by atoms with Crippen LogP contribution in [0.3, 0.4) is 0 Å². The predicted molar refractivity (Wildman–Crippen MR) is 93.0 cm³/mol. The lowest BCUT2D eigenvalue weighted by Crippen LogP contribution is -2.24. The third kappa shape index (κ3) is 4.57. The summed E-state index contributed by atoms with van der Waals surface area (Å²) in [5, 5.41) is 8.69. The molecular formula is C18H21N3O2. The number of rotatable bonds is 5. The highest BCUT2D eigenvalue weighted by atomic mass is 16.5. The molecule has 0 aromatic heterocycles. The Kier molecular flexibility index (Phi) is 5.74. The maximum atomic E-state index is 12.6. The second-order valence-electron chi connectivity index (χ2n) is 4.92. The van der Waals surface area contributed by atoms with Crippen molar-refractivity contribution in [3.8, 4) is 0 Å². The fraction of sp³-hybridized carbons (Fsp3) is 0.222. The second-order valence-corrected chi connectivity index (χ2v) is 4.92. The van der Waals surface area contributed by atoms with Gasteiger partial charge in [-0.2, -0.15) is 0 Å². The Labute approximate surface area is 136 Å². The molecule has 0 aliphatic heterocycles. The molecule has 2 rings (SSSR count). The number of anilines is 2. The predicted octanol–water partition coefficient (Wildman–Crippen LogP) is 3.87. The van der Waals surface area contributed by atoms with Crippen molar-refractivity contribution < 1.29 is 9.53 Å². The van der Waals surface area contributed by atoms with Gasteiger partial charge in [0, 0.05) is 19.7 Å². The molecule has 0 aliphatic rings. The molecule has 0 radical (unpaired) electrons. The third-order valence-electron chi connectivity index (χ3n) is 3.15. The van der Waals surface area contributed by atoms with Gasteiger partial charge in [0.1, 0.15) is 0 Å². The van der Waals surface area contributed by atoms with E-state index in [1.165, 1.54) is 5.01 Å². The van der Waals surface area contributed by atoms with E-state index in [4.69, 9.17) is 4.74 Å². The molecule has 2 aromatic carbocycles. The highest BCUT2D eigenvalue weighted by Crippen LogP contribution is 2.21. The van der Waals surface area contributed by atoms with Crippen molar-refractivity contribution in [2.45, 2.75) is 13.8 Å². The first-order valence-electron chi connectivity index (χ1n) is 7.49. The molecule has 0 spiro atoms. The van der Waals surface area contributed by atoms with Gasteiger partial charge in [-0.05, 0) is 31.2 Å². The van der Waals surface area contributed by atoms with Gasteiger partial charge in [-0.25, -0.2) is 5.01 Å². The molecule has 2 aromatic rings. The summed E-state index contributed by atoms with van der Waals surface area (Å²) in [6.45, 7) is 4.12. The van der Waals surface area contributed by atoms with Gasteiger partial charge in [0.25, 0.3) is 5.91 Å². The molecule has 120 valence electrons. The lowest BCUT2D eigenvalue weighted by Gasteiger charge is -2.16. The van der Waals surface area contributed by atoms with E-state index in [-0.39, 0.29) is 5.91 Å². The van der Waals surface area contributed by atoms with Gasteiger partial charge in [-0.3, -0.25) is 4.79 Å². The van der Waals surface area contributed by atoms with E-state index in [0.717, 1.165) is 11.4 Å². The summed E-state index contributed by atoms with van der Waals surface area (Å²) in [5.41, 5.74) is 2.20. The fourth-order valence-electron chi connectivity index (χ4n) is 2.12. The van der Waals surface area contributed by atoms with Gasteiger partial charge in [0.15, 0.2) is 0 Å². The Bertz CT molecular complexity index is 684. The monoisotopic (exact) mass is 311 g/mol. The van der Waals surface area contributed by atoms with Crippen LogP contribution in [0.4, 0.5) is 11.4 Å². The standard InChI is InChI=1S/C18H21N3O2/c1-4-23-14(2)20-21(3)18(22)16-12-8-9-13-17(16)19-15-10-6-5-7-11-15/h5-13,19H,4H2,1-3H3/b20-14+. The number of nitrogens with zero attached hydrogens (tertiary/aromatic N) is 2. The molecule has 1 N–H and O–H groups in total. The Morgan fingerprint density at radius 1 is 1.13 bits per heavy atom. The van der Waals surface area contributed by atoms with Crippen molar-refractivity contribution in [1.82, 2.24) is 5.01 Å². The van der Waals surface area contributed by atoms with Crippen LogP contribution in [0.25, 0.3) is 0 Å². The van der Waals surface area contributed by atoms with Crippen LogP contribution in [0.2, 0.25) is 0 Å². The van der Waals surface area contributed by atoms with Crippen molar-refractivity contribution >= 4 is 23.2 Å². The molecule has 5 heteroatoms. The SMILES string of the molecule is CCO/C(C)=N/N(C)C(=O)c1ccccc1Nc1ccccc1. The molecule has 5 nitrogen and oxygen atoms in total.